The molecular weight excluding hydrogens is 270 g/mol. The third-order valence-corrected chi connectivity index (χ3v) is 3.97. The molecule has 1 aromatic heterocycles. The van der Waals surface area contributed by atoms with Crippen molar-refractivity contribution in [1.82, 2.24) is 14.7 Å². The molecule has 21 heavy (non-hydrogen) atoms. The van der Waals surface area contributed by atoms with E-state index >= 15 is 0 Å². The predicted octanol–water partition coefficient (Wildman–Crippen LogP) is 0.888. The standard InChI is InChI=1S/C15H23N3O3/c1-2-3-8-18-14(20)5-4-13(16-18)15(21)17-9-6-12(11-19)7-10-17/h4-5,12,19H,2-3,6-11H2,1H3. The molecule has 0 saturated carbocycles. The van der Waals surface area contributed by atoms with Gasteiger partial charge in [-0.3, -0.25) is 9.59 Å². The lowest BCUT2D eigenvalue weighted by atomic mass is 9.98. The van der Waals surface area contributed by atoms with Crippen molar-refractivity contribution in [2.45, 2.75) is 39.2 Å². The number of aliphatic hydroxyl groups excluding tert-OH is 1. The Morgan fingerprint density at radius 1 is 1.38 bits per heavy atom. The number of aliphatic hydroxyl groups is 1. The van der Waals surface area contributed by atoms with Gasteiger partial charge in [-0.05, 0) is 31.2 Å². The van der Waals surface area contributed by atoms with Crippen LogP contribution in [-0.2, 0) is 6.54 Å². The second-order valence-corrected chi connectivity index (χ2v) is 5.55. The summed E-state index contributed by atoms with van der Waals surface area (Å²) in [5.74, 6) is 0.164. The topological polar surface area (TPSA) is 75.4 Å². The van der Waals surface area contributed by atoms with E-state index < -0.39 is 0 Å². The molecule has 0 spiro atoms. The fourth-order valence-corrected chi connectivity index (χ4v) is 2.51. The number of unbranched alkanes of at least 4 members (excludes halogenated alkanes) is 1. The Bertz CT molecular complexity index is 533. The maximum atomic E-state index is 12.4. The predicted molar refractivity (Wildman–Crippen MR) is 79.1 cm³/mol. The van der Waals surface area contributed by atoms with Gasteiger partial charge < -0.3 is 10.0 Å². The van der Waals surface area contributed by atoms with Crippen molar-refractivity contribution in [2.24, 2.45) is 5.92 Å². The number of hydrogen-bond donors (Lipinski definition) is 1. The Kier molecular flexibility index (Phi) is 5.50. The molecule has 1 fully saturated rings. The van der Waals surface area contributed by atoms with Crippen LogP contribution in [0.2, 0.25) is 0 Å². The SMILES string of the molecule is CCCCn1nc(C(=O)N2CCC(CO)CC2)ccc1=O. The van der Waals surface area contributed by atoms with Crippen LogP contribution in [0.3, 0.4) is 0 Å². The Morgan fingerprint density at radius 3 is 2.71 bits per heavy atom. The van der Waals surface area contributed by atoms with Gasteiger partial charge in [0.15, 0.2) is 0 Å². The van der Waals surface area contributed by atoms with Gasteiger partial charge in [-0.15, -0.1) is 0 Å². The van der Waals surface area contributed by atoms with Crippen molar-refractivity contribution in [3.63, 3.8) is 0 Å². The highest BCUT2D eigenvalue weighted by atomic mass is 16.3. The van der Waals surface area contributed by atoms with Crippen molar-refractivity contribution in [1.29, 1.82) is 0 Å². The van der Waals surface area contributed by atoms with E-state index in [2.05, 4.69) is 5.10 Å². The molecule has 1 saturated heterocycles. The molecule has 1 amide bonds. The first kappa shape index (κ1) is 15.7. The normalized spacial score (nSPS) is 16.2. The van der Waals surface area contributed by atoms with Crippen LogP contribution < -0.4 is 5.56 Å². The molecule has 1 aliphatic rings. The lowest BCUT2D eigenvalue weighted by molar-refractivity contribution is 0.0642. The van der Waals surface area contributed by atoms with E-state index in [0.29, 0.717) is 31.2 Å². The van der Waals surface area contributed by atoms with Crippen LogP contribution >= 0.6 is 0 Å². The van der Waals surface area contributed by atoms with Crippen LogP contribution in [0.1, 0.15) is 43.1 Å². The second-order valence-electron chi connectivity index (χ2n) is 5.55. The van der Waals surface area contributed by atoms with Crippen LogP contribution in [0.5, 0.6) is 0 Å². The first-order valence-electron chi connectivity index (χ1n) is 7.64. The van der Waals surface area contributed by atoms with Gasteiger partial charge in [0.2, 0.25) is 0 Å². The second kappa shape index (κ2) is 7.36. The highest BCUT2D eigenvalue weighted by Crippen LogP contribution is 2.17. The van der Waals surface area contributed by atoms with Crippen molar-refractivity contribution in [2.75, 3.05) is 19.7 Å². The smallest absolute Gasteiger partial charge is 0.274 e. The number of aromatic nitrogens is 2. The summed E-state index contributed by atoms with van der Waals surface area (Å²) in [4.78, 5) is 25.9. The van der Waals surface area contributed by atoms with Gasteiger partial charge in [0.25, 0.3) is 11.5 Å². The number of hydrogen-bond acceptors (Lipinski definition) is 4. The van der Waals surface area contributed by atoms with E-state index in [-0.39, 0.29) is 18.1 Å². The summed E-state index contributed by atoms with van der Waals surface area (Å²) in [6.07, 6.45) is 3.48. The molecule has 0 radical (unpaired) electrons. The minimum atomic E-state index is -0.168. The summed E-state index contributed by atoms with van der Waals surface area (Å²) in [5.41, 5.74) is 0.159. The maximum Gasteiger partial charge on any atom is 0.274 e. The van der Waals surface area contributed by atoms with Crippen molar-refractivity contribution in [3.8, 4) is 0 Å². The highest BCUT2D eigenvalue weighted by Gasteiger charge is 2.24. The summed E-state index contributed by atoms with van der Waals surface area (Å²) in [6, 6.07) is 2.92. The summed E-state index contributed by atoms with van der Waals surface area (Å²) in [7, 11) is 0. The molecule has 2 heterocycles. The van der Waals surface area contributed by atoms with Crippen LogP contribution in [0, 0.1) is 5.92 Å². The van der Waals surface area contributed by atoms with E-state index in [0.717, 1.165) is 25.7 Å². The monoisotopic (exact) mass is 293 g/mol. The number of carbonyl (C=O) groups excluding carboxylic acids is 1. The lowest BCUT2D eigenvalue weighted by Crippen LogP contribution is -2.40. The number of amides is 1. The quantitative estimate of drug-likeness (QED) is 0.874. The Morgan fingerprint density at radius 2 is 2.10 bits per heavy atom. The van der Waals surface area contributed by atoms with Crippen LogP contribution in [0.25, 0.3) is 0 Å². The zero-order valence-electron chi connectivity index (χ0n) is 12.5. The Labute approximate surface area is 124 Å². The molecule has 0 unspecified atom stereocenters. The van der Waals surface area contributed by atoms with E-state index in [1.54, 1.807) is 4.90 Å². The molecular formula is C15H23N3O3. The average molecular weight is 293 g/mol. The van der Waals surface area contributed by atoms with Gasteiger partial charge in [0.1, 0.15) is 5.69 Å². The van der Waals surface area contributed by atoms with Crippen LogP contribution in [0.15, 0.2) is 16.9 Å². The number of nitrogens with zero attached hydrogens (tertiary/aromatic N) is 3. The highest BCUT2D eigenvalue weighted by molar-refractivity contribution is 5.92. The molecule has 2 rings (SSSR count). The average Bonchev–Trinajstić information content (AvgIpc) is 2.53. The Hall–Kier alpha value is -1.69. The first-order chi connectivity index (χ1) is 10.2. The van der Waals surface area contributed by atoms with Gasteiger partial charge >= 0.3 is 0 Å². The van der Waals surface area contributed by atoms with E-state index in [1.165, 1.54) is 16.8 Å². The van der Waals surface area contributed by atoms with Gasteiger partial charge in [-0.25, -0.2) is 4.68 Å². The van der Waals surface area contributed by atoms with E-state index in [4.69, 9.17) is 5.11 Å². The molecule has 6 heteroatoms. The first-order valence-corrected chi connectivity index (χ1v) is 7.64. The molecule has 116 valence electrons. The lowest BCUT2D eigenvalue weighted by Gasteiger charge is -2.30. The zero-order chi connectivity index (χ0) is 15.2. The molecule has 0 atom stereocenters. The third kappa shape index (κ3) is 3.91. The summed E-state index contributed by atoms with van der Waals surface area (Å²) in [6.45, 7) is 4.05. The number of rotatable bonds is 5. The summed E-state index contributed by atoms with van der Waals surface area (Å²) < 4.78 is 1.37. The van der Waals surface area contributed by atoms with Gasteiger partial charge in [-0.1, -0.05) is 13.3 Å². The van der Waals surface area contributed by atoms with Gasteiger partial charge in [0.05, 0.1) is 0 Å². The van der Waals surface area contributed by atoms with Gasteiger partial charge in [0, 0.05) is 32.3 Å². The van der Waals surface area contributed by atoms with Gasteiger partial charge in [-0.2, -0.15) is 5.10 Å². The van der Waals surface area contributed by atoms with Crippen molar-refractivity contribution in [3.05, 3.63) is 28.2 Å². The zero-order valence-corrected chi connectivity index (χ0v) is 12.5. The molecule has 1 aliphatic heterocycles. The fraction of sp³-hybridized carbons (Fsp3) is 0.667. The number of aryl methyl sites for hydroxylation is 1. The number of piperidine rings is 1. The summed E-state index contributed by atoms with van der Waals surface area (Å²) >= 11 is 0. The molecule has 0 aromatic carbocycles. The molecule has 1 aromatic rings. The van der Waals surface area contributed by atoms with Crippen LogP contribution in [-0.4, -0.2) is 45.4 Å². The molecule has 0 bridgehead atoms. The minimum Gasteiger partial charge on any atom is -0.396 e. The number of carbonyl (C=O) groups is 1. The van der Waals surface area contributed by atoms with E-state index in [9.17, 15) is 9.59 Å². The van der Waals surface area contributed by atoms with Crippen LogP contribution in [0.4, 0.5) is 0 Å². The minimum absolute atomic E-state index is 0.128. The van der Waals surface area contributed by atoms with Crippen molar-refractivity contribution >= 4 is 5.91 Å². The maximum absolute atomic E-state index is 12.4. The van der Waals surface area contributed by atoms with Crippen molar-refractivity contribution < 1.29 is 9.90 Å². The fourth-order valence-electron chi connectivity index (χ4n) is 2.51. The largest absolute Gasteiger partial charge is 0.396 e. The Balaban J connectivity index is 2.07. The number of likely N-dealkylation sites (tertiary alicyclic amines) is 1. The molecule has 1 N–H and O–H groups in total. The van der Waals surface area contributed by atoms with E-state index in [1.807, 2.05) is 6.92 Å². The summed E-state index contributed by atoms with van der Waals surface area (Å²) in [5, 5.41) is 13.3. The third-order valence-electron chi connectivity index (χ3n) is 3.97. The molecule has 0 aliphatic carbocycles. The molecule has 6 nitrogen and oxygen atoms in total.